The van der Waals surface area contributed by atoms with E-state index in [0.29, 0.717) is 0 Å². The highest BCUT2D eigenvalue weighted by Gasteiger charge is 2.36. The Kier molecular flexibility index (Phi) is 6.90. The summed E-state index contributed by atoms with van der Waals surface area (Å²) in [5.41, 5.74) is 2.37. The number of carbonyl (C=O) groups is 1. The van der Waals surface area contributed by atoms with Crippen molar-refractivity contribution in [2.75, 3.05) is 29.7 Å². The quantitative estimate of drug-likeness (QED) is 0.639. The first-order chi connectivity index (χ1) is 15.7. The van der Waals surface area contributed by atoms with Crippen LogP contribution in [0.3, 0.4) is 0 Å². The molecule has 4 rings (SSSR count). The minimum absolute atomic E-state index is 0.0246. The van der Waals surface area contributed by atoms with Crippen molar-refractivity contribution < 1.29 is 21.6 Å². The SMILES string of the molecule is Cc1ccc(C(CNS(=O)(=O)c2ccc(N3C(=O)CCS3(=O)=O)cc2)N2CCCCC2)cc1. The van der Waals surface area contributed by atoms with Crippen molar-refractivity contribution in [3.05, 3.63) is 59.7 Å². The molecule has 0 aliphatic carbocycles. The minimum Gasteiger partial charge on any atom is -0.295 e. The molecule has 1 atom stereocenters. The van der Waals surface area contributed by atoms with E-state index < -0.39 is 26.0 Å². The van der Waals surface area contributed by atoms with Gasteiger partial charge in [-0.25, -0.2) is 25.9 Å². The summed E-state index contributed by atoms with van der Waals surface area (Å²) >= 11 is 0. The summed E-state index contributed by atoms with van der Waals surface area (Å²) in [6.07, 6.45) is 3.30. The molecule has 2 aromatic carbocycles. The molecule has 2 fully saturated rings. The van der Waals surface area contributed by atoms with Crippen molar-refractivity contribution in [1.82, 2.24) is 9.62 Å². The van der Waals surface area contributed by atoms with E-state index in [1.54, 1.807) is 0 Å². The van der Waals surface area contributed by atoms with Gasteiger partial charge in [-0.15, -0.1) is 0 Å². The summed E-state index contributed by atoms with van der Waals surface area (Å²) in [5.74, 6) is -0.740. The molecular formula is C23H29N3O5S2. The lowest BCUT2D eigenvalue weighted by Crippen LogP contribution is -2.40. The molecule has 0 aromatic heterocycles. The van der Waals surface area contributed by atoms with Gasteiger partial charge >= 0.3 is 0 Å². The van der Waals surface area contributed by atoms with E-state index in [-0.39, 0.29) is 35.3 Å². The second kappa shape index (κ2) is 9.54. The average Bonchev–Trinajstić information content (AvgIpc) is 3.08. The molecule has 1 N–H and O–H groups in total. The third kappa shape index (κ3) is 5.29. The molecule has 1 amide bonds. The molecule has 2 heterocycles. The Hall–Kier alpha value is -2.27. The van der Waals surface area contributed by atoms with E-state index in [0.717, 1.165) is 41.4 Å². The molecule has 1 unspecified atom stereocenters. The molecule has 0 bridgehead atoms. The van der Waals surface area contributed by atoms with Crippen molar-refractivity contribution in [2.24, 2.45) is 0 Å². The summed E-state index contributed by atoms with van der Waals surface area (Å²) in [6.45, 7) is 4.10. The molecule has 2 saturated heterocycles. The number of hydrogen-bond donors (Lipinski definition) is 1. The van der Waals surface area contributed by atoms with E-state index in [1.807, 2.05) is 31.2 Å². The number of likely N-dealkylation sites (tertiary alicyclic amines) is 1. The van der Waals surface area contributed by atoms with Gasteiger partial charge in [0.25, 0.3) is 0 Å². The lowest BCUT2D eigenvalue weighted by Gasteiger charge is -2.35. The maximum atomic E-state index is 13.0. The number of sulfonamides is 2. The van der Waals surface area contributed by atoms with Crippen LogP contribution in [0.4, 0.5) is 5.69 Å². The number of piperidine rings is 1. The third-order valence-corrected chi connectivity index (χ3v) is 9.35. The van der Waals surface area contributed by atoms with Crippen LogP contribution in [0.5, 0.6) is 0 Å². The van der Waals surface area contributed by atoms with Crippen LogP contribution in [0.15, 0.2) is 53.4 Å². The van der Waals surface area contributed by atoms with Crippen LogP contribution in [0.2, 0.25) is 0 Å². The van der Waals surface area contributed by atoms with E-state index >= 15 is 0 Å². The Bertz CT molecular complexity index is 1200. The predicted molar refractivity (Wildman–Crippen MR) is 127 cm³/mol. The molecule has 0 spiro atoms. The first-order valence-corrected chi connectivity index (χ1v) is 14.2. The summed E-state index contributed by atoms with van der Waals surface area (Å²) < 4.78 is 53.7. The topological polar surface area (TPSA) is 104 Å². The van der Waals surface area contributed by atoms with Gasteiger partial charge in [0.2, 0.25) is 26.0 Å². The summed E-state index contributed by atoms with van der Waals surface area (Å²) in [5, 5.41) is 0. The maximum Gasteiger partial charge on any atom is 0.242 e. The van der Waals surface area contributed by atoms with Gasteiger partial charge in [-0.3, -0.25) is 9.69 Å². The molecular weight excluding hydrogens is 462 g/mol. The summed E-state index contributed by atoms with van der Waals surface area (Å²) in [4.78, 5) is 14.3. The zero-order valence-corrected chi connectivity index (χ0v) is 20.2. The van der Waals surface area contributed by atoms with Crippen molar-refractivity contribution in [3.63, 3.8) is 0 Å². The number of anilines is 1. The molecule has 8 nitrogen and oxygen atoms in total. The van der Waals surface area contributed by atoms with Gasteiger partial charge in [0.15, 0.2) is 0 Å². The van der Waals surface area contributed by atoms with Crippen LogP contribution in [0.1, 0.15) is 42.9 Å². The van der Waals surface area contributed by atoms with Crippen molar-refractivity contribution >= 4 is 31.6 Å². The Labute approximate surface area is 195 Å². The van der Waals surface area contributed by atoms with Gasteiger partial charge in [-0.05, 0) is 62.7 Å². The monoisotopic (exact) mass is 491 g/mol. The van der Waals surface area contributed by atoms with Crippen LogP contribution in [0, 0.1) is 6.92 Å². The smallest absolute Gasteiger partial charge is 0.242 e. The highest BCUT2D eigenvalue weighted by molar-refractivity contribution is 7.94. The standard InChI is InChI=1S/C23H29N3O5S2/c1-18-5-7-19(8-6-18)22(25-14-3-2-4-15-25)17-24-33(30,31)21-11-9-20(10-12-21)26-23(27)13-16-32(26,28)29/h5-12,22,24H,2-4,13-17H2,1H3. The Morgan fingerprint density at radius 1 is 0.970 bits per heavy atom. The van der Waals surface area contributed by atoms with Gasteiger partial charge < -0.3 is 0 Å². The van der Waals surface area contributed by atoms with Gasteiger partial charge in [-0.2, -0.15) is 0 Å². The zero-order chi connectivity index (χ0) is 23.6. The fraction of sp³-hybridized carbons (Fsp3) is 0.435. The molecule has 33 heavy (non-hydrogen) atoms. The number of nitrogens with zero attached hydrogens (tertiary/aromatic N) is 2. The van der Waals surface area contributed by atoms with Crippen molar-refractivity contribution in [1.29, 1.82) is 0 Å². The largest absolute Gasteiger partial charge is 0.295 e. The first-order valence-electron chi connectivity index (χ1n) is 11.1. The first kappa shape index (κ1) is 23.9. The van der Waals surface area contributed by atoms with Crippen LogP contribution in [0.25, 0.3) is 0 Å². The Morgan fingerprint density at radius 3 is 2.18 bits per heavy atom. The highest BCUT2D eigenvalue weighted by Crippen LogP contribution is 2.27. The fourth-order valence-electron chi connectivity index (χ4n) is 4.38. The van der Waals surface area contributed by atoms with E-state index in [2.05, 4.69) is 9.62 Å². The molecule has 10 heteroatoms. The zero-order valence-electron chi connectivity index (χ0n) is 18.6. The number of nitrogens with one attached hydrogen (secondary N) is 1. The predicted octanol–water partition coefficient (Wildman–Crippen LogP) is 2.57. The summed E-state index contributed by atoms with van der Waals surface area (Å²) in [7, 11) is -7.51. The summed E-state index contributed by atoms with van der Waals surface area (Å²) in [6, 6.07) is 13.5. The van der Waals surface area contributed by atoms with Crippen molar-refractivity contribution in [2.45, 2.75) is 43.5 Å². The normalized spacial score (nSPS) is 20.2. The second-order valence-corrected chi connectivity index (χ2v) is 12.3. The number of carbonyl (C=O) groups excluding carboxylic acids is 1. The maximum absolute atomic E-state index is 13.0. The number of rotatable bonds is 7. The average molecular weight is 492 g/mol. The third-order valence-electron chi connectivity index (χ3n) is 6.22. The van der Waals surface area contributed by atoms with Crippen molar-refractivity contribution in [3.8, 4) is 0 Å². The van der Waals surface area contributed by atoms with E-state index in [1.165, 1.54) is 30.7 Å². The Morgan fingerprint density at radius 2 is 1.61 bits per heavy atom. The van der Waals surface area contributed by atoms with E-state index in [9.17, 15) is 21.6 Å². The number of amides is 1. The lowest BCUT2D eigenvalue weighted by atomic mass is 10.0. The molecule has 178 valence electrons. The van der Waals surface area contributed by atoms with Crippen LogP contribution in [-0.2, 0) is 24.8 Å². The molecule has 2 aromatic rings. The lowest BCUT2D eigenvalue weighted by molar-refractivity contribution is -0.116. The van der Waals surface area contributed by atoms with Gasteiger partial charge in [-0.1, -0.05) is 36.2 Å². The number of benzene rings is 2. The molecule has 0 radical (unpaired) electrons. The van der Waals surface area contributed by atoms with Crippen LogP contribution >= 0.6 is 0 Å². The number of hydrogen-bond acceptors (Lipinski definition) is 6. The number of aryl methyl sites for hydroxylation is 1. The second-order valence-electron chi connectivity index (χ2n) is 8.59. The van der Waals surface area contributed by atoms with Gasteiger partial charge in [0, 0.05) is 19.0 Å². The highest BCUT2D eigenvalue weighted by atomic mass is 32.2. The van der Waals surface area contributed by atoms with Gasteiger partial charge in [0.05, 0.1) is 16.3 Å². The van der Waals surface area contributed by atoms with Gasteiger partial charge in [0.1, 0.15) is 0 Å². The van der Waals surface area contributed by atoms with Crippen LogP contribution in [-0.4, -0.2) is 53.0 Å². The molecule has 2 aliphatic heterocycles. The Balaban J connectivity index is 1.51. The molecule has 2 aliphatic rings. The van der Waals surface area contributed by atoms with Crippen LogP contribution < -0.4 is 9.03 Å². The minimum atomic E-state index is -3.82. The molecule has 0 saturated carbocycles. The fourth-order valence-corrected chi connectivity index (χ4v) is 6.88. The van der Waals surface area contributed by atoms with E-state index in [4.69, 9.17) is 0 Å².